The second-order valence-electron chi connectivity index (χ2n) is 6.29. The highest BCUT2D eigenvalue weighted by Crippen LogP contribution is 2.27. The van der Waals surface area contributed by atoms with Crippen LogP contribution in [-0.4, -0.2) is 32.5 Å². The van der Waals surface area contributed by atoms with Gasteiger partial charge in [0.15, 0.2) is 5.16 Å². The van der Waals surface area contributed by atoms with Crippen molar-refractivity contribution in [2.24, 2.45) is 0 Å². The minimum Gasteiger partial charge on any atom is -0.424 e. The summed E-state index contributed by atoms with van der Waals surface area (Å²) < 4.78 is 13.7. The van der Waals surface area contributed by atoms with Gasteiger partial charge in [0.2, 0.25) is 11.8 Å². The number of hydrogen-bond donors (Lipinski definition) is 0. The van der Waals surface area contributed by atoms with Crippen molar-refractivity contribution in [1.82, 2.24) is 19.7 Å². The molecular weight excluding hydrogens is 312 g/mol. The van der Waals surface area contributed by atoms with Crippen LogP contribution in [0, 0.1) is 13.8 Å². The molecule has 1 atom stereocenters. The van der Waals surface area contributed by atoms with Gasteiger partial charge < -0.3 is 13.7 Å². The average Bonchev–Trinajstić information content (AvgIpc) is 3.23. The monoisotopic (exact) mass is 336 g/mol. The summed E-state index contributed by atoms with van der Waals surface area (Å²) in [6.45, 7) is 10.0. The lowest BCUT2D eigenvalue weighted by Gasteiger charge is -2.14. The molecule has 2 aromatic heterocycles. The molecule has 23 heavy (non-hydrogen) atoms. The van der Waals surface area contributed by atoms with Crippen LogP contribution in [-0.2, 0) is 17.0 Å². The molecule has 3 heterocycles. The lowest BCUT2D eigenvalue weighted by Crippen LogP contribution is -2.16. The number of hydrogen-bond acceptors (Lipinski definition) is 6. The van der Waals surface area contributed by atoms with E-state index in [4.69, 9.17) is 9.15 Å². The Balaban J connectivity index is 1.69. The fourth-order valence-corrected chi connectivity index (χ4v) is 3.56. The van der Waals surface area contributed by atoms with E-state index < -0.39 is 0 Å². The molecule has 0 aromatic carbocycles. The average molecular weight is 336 g/mol. The molecule has 1 fully saturated rings. The van der Waals surface area contributed by atoms with Crippen LogP contribution in [0.2, 0.25) is 0 Å². The molecular formula is C16H24N4O2S. The highest BCUT2D eigenvalue weighted by molar-refractivity contribution is 7.98. The number of imidazole rings is 1. The van der Waals surface area contributed by atoms with Crippen molar-refractivity contribution in [3.63, 3.8) is 0 Å². The van der Waals surface area contributed by atoms with E-state index in [1.54, 1.807) is 11.8 Å². The Labute approximate surface area is 141 Å². The third-order valence-corrected chi connectivity index (χ3v) is 5.10. The van der Waals surface area contributed by atoms with Gasteiger partial charge in [-0.25, -0.2) is 4.98 Å². The lowest BCUT2D eigenvalue weighted by molar-refractivity contribution is 0.0945. The van der Waals surface area contributed by atoms with E-state index in [1.165, 1.54) is 5.69 Å². The number of rotatable bonds is 6. The van der Waals surface area contributed by atoms with Gasteiger partial charge in [-0.05, 0) is 26.7 Å². The first kappa shape index (κ1) is 16.5. The van der Waals surface area contributed by atoms with E-state index >= 15 is 0 Å². The van der Waals surface area contributed by atoms with Crippen molar-refractivity contribution in [3.05, 3.63) is 23.2 Å². The van der Waals surface area contributed by atoms with Crippen LogP contribution in [0.15, 0.2) is 9.57 Å². The minimum atomic E-state index is 0.257. The molecule has 1 aliphatic rings. The summed E-state index contributed by atoms with van der Waals surface area (Å²) in [7, 11) is 0. The first-order chi connectivity index (χ1) is 11.0. The molecule has 3 rings (SSSR count). The van der Waals surface area contributed by atoms with Gasteiger partial charge in [-0.2, -0.15) is 0 Å². The molecule has 1 aliphatic heterocycles. The number of aromatic nitrogens is 4. The zero-order valence-electron chi connectivity index (χ0n) is 14.2. The summed E-state index contributed by atoms with van der Waals surface area (Å²) in [4.78, 5) is 4.69. The van der Waals surface area contributed by atoms with Crippen molar-refractivity contribution in [3.8, 4) is 0 Å². The third kappa shape index (κ3) is 3.77. The summed E-state index contributed by atoms with van der Waals surface area (Å²) in [5.74, 6) is 2.24. The Bertz CT molecular complexity index is 659. The predicted molar refractivity (Wildman–Crippen MR) is 88.6 cm³/mol. The van der Waals surface area contributed by atoms with Crippen molar-refractivity contribution in [2.75, 3.05) is 6.61 Å². The number of thioether (sulfide) groups is 1. The number of aryl methyl sites for hydroxylation is 1. The molecule has 126 valence electrons. The zero-order valence-corrected chi connectivity index (χ0v) is 15.0. The predicted octanol–water partition coefficient (Wildman–Crippen LogP) is 3.48. The zero-order chi connectivity index (χ0) is 16.4. The molecule has 0 N–H and O–H groups in total. The Kier molecular flexibility index (Phi) is 5.06. The topological polar surface area (TPSA) is 66.0 Å². The van der Waals surface area contributed by atoms with Crippen LogP contribution >= 0.6 is 11.8 Å². The van der Waals surface area contributed by atoms with Crippen LogP contribution in [0.1, 0.15) is 55.8 Å². The quantitative estimate of drug-likeness (QED) is 0.753. The van der Waals surface area contributed by atoms with E-state index in [1.807, 2.05) is 13.8 Å². The summed E-state index contributed by atoms with van der Waals surface area (Å²) >= 11 is 1.64. The molecule has 0 unspecified atom stereocenters. The SMILES string of the molecule is Cc1nc(SCc2nnc(C(C)C)o2)n(C[C@@H]2CCCO2)c1C. The summed E-state index contributed by atoms with van der Waals surface area (Å²) in [6.07, 6.45) is 2.58. The highest BCUT2D eigenvalue weighted by atomic mass is 32.2. The van der Waals surface area contributed by atoms with Crippen molar-refractivity contribution in [1.29, 1.82) is 0 Å². The van der Waals surface area contributed by atoms with E-state index in [2.05, 4.69) is 33.6 Å². The van der Waals surface area contributed by atoms with E-state index in [9.17, 15) is 0 Å². The smallest absolute Gasteiger partial charge is 0.226 e. The Morgan fingerprint density at radius 1 is 1.30 bits per heavy atom. The van der Waals surface area contributed by atoms with Crippen molar-refractivity contribution >= 4 is 11.8 Å². The molecule has 0 bridgehead atoms. The number of ether oxygens (including phenoxy) is 1. The van der Waals surface area contributed by atoms with Crippen LogP contribution in [0.4, 0.5) is 0 Å². The van der Waals surface area contributed by atoms with Gasteiger partial charge in [-0.1, -0.05) is 25.6 Å². The number of nitrogens with zero attached hydrogens (tertiary/aromatic N) is 4. The lowest BCUT2D eigenvalue weighted by atomic mass is 10.2. The minimum absolute atomic E-state index is 0.257. The second kappa shape index (κ2) is 7.05. The molecule has 0 saturated carbocycles. The van der Waals surface area contributed by atoms with Gasteiger partial charge in [-0.15, -0.1) is 10.2 Å². The molecule has 1 saturated heterocycles. The molecule has 7 heteroatoms. The largest absolute Gasteiger partial charge is 0.424 e. The van der Waals surface area contributed by atoms with Gasteiger partial charge in [0, 0.05) is 18.2 Å². The standard InChI is InChI=1S/C16H24N4O2S/c1-10(2)15-19-18-14(22-15)9-23-16-17-11(3)12(4)20(16)8-13-6-5-7-21-13/h10,13H,5-9H2,1-4H3/t13-/m0/s1. The Morgan fingerprint density at radius 3 is 2.78 bits per heavy atom. The van der Waals surface area contributed by atoms with Crippen molar-refractivity contribution in [2.45, 2.75) is 70.0 Å². The van der Waals surface area contributed by atoms with Crippen molar-refractivity contribution < 1.29 is 9.15 Å². The maximum atomic E-state index is 5.77. The molecule has 0 spiro atoms. The van der Waals surface area contributed by atoms with Crippen LogP contribution in [0.3, 0.4) is 0 Å². The summed E-state index contributed by atoms with van der Waals surface area (Å²) in [6, 6.07) is 0. The molecule has 2 aromatic rings. The van der Waals surface area contributed by atoms with Crippen LogP contribution < -0.4 is 0 Å². The Morgan fingerprint density at radius 2 is 2.13 bits per heavy atom. The maximum Gasteiger partial charge on any atom is 0.226 e. The maximum absolute atomic E-state index is 5.77. The Hall–Kier alpha value is -1.34. The summed E-state index contributed by atoms with van der Waals surface area (Å²) in [5.41, 5.74) is 2.27. The second-order valence-corrected chi connectivity index (χ2v) is 7.23. The van der Waals surface area contributed by atoms with Gasteiger partial charge in [-0.3, -0.25) is 0 Å². The fourth-order valence-electron chi connectivity index (χ4n) is 2.63. The van der Waals surface area contributed by atoms with Gasteiger partial charge in [0.05, 0.1) is 24.1 Å². The molecule has 0 radical (unpaired) electrons. The molecule has 0 aliphatic carbocycles. The third-order valence-electron chi connectivity index (χ3n) is 4.13. The normalized spacial score (nSPS) is 18.2. The highest BCUT2D eigenvalue weighted by Gasteiger charge is 2.21. The summed E-state index contributed by atoms with van der Waals surface area (Å²) in [5, 5.41) is 9.19. The van der Waals surface area contributed by atoms with Crippen LogP contribution in [0.25, 0.3) is 0 Å². The first-order valence-electron chi connectivity index (χ1n) is 8.15. The van der Waals surface area contributed by atoms with Gasteiger partial charge in [0.25, 0.3) is 0 Å². The van der Waals surface area contributed by atoms with Gasteiger partial charge >= 0.3 is 0 Å². The molecule has 0 amide bonds. The fraction of sp³-hybridized carbons (Fsp3) is 0.688. The van der Waals surface area contributed by atoms with E-state index in [0.717, 1.165) is 36.8 Å². The van der Waals surface area contributed by atoms with Crippen LogP contribution in [0.5, 0.6) is 0 Å². The van der Waals surface area contributed by atoms with E-state index in [-0.39, 0.29) is 5.92 Å². The first-order valence-corrected chi connectivity index (χ1v) is 9.13. The van der Waals surface area contributed by atoms with E-state index in [0.29, 0.717) is 23.6 Å². The van der Waals surface area contributed by atoms with Gasteiger partial charge in [0.1, 0.15) is 0 Å². The molecule has 6 nitrogen and oxygen atoms in total.